The highest BCUT2D eigenvalue weighted by Crippen LogP contribution is 2.30. The molecule has 0 aliphatic heterocycles. The van der Waals surface area contributed by atoms with Crippen LogP contribution in [0.3, 0.4) is 0 Å². The lowest BCUT2D eigenvalue weighted by molar-refractivity contribution is -0.153. The van der Waals surface area contributed by atoms with Crippen molar-refractivity contribution in [2.45, 2.75) is 6.18 Å². The molecule has 0 aromatic carbocycles. The molecule has 58 valence electrons. The van der Waals surface area contributed by atoms with Crippen LogP contribution in [0.5, 0.6) is 0 Å². The largest absolute Gasteiger partial charge is 0.449 e. The molecule has 0 radical (unpaired) electrons. The van der Waals surface area contributed by atoms with Gasteiger partial charge in [0.05, 0.1) is 0 Å². The Labute approximate surface area is 59.8 Å². The van der Waals surface area contributed by atoms with E-state index >= 15 is 0 Å². The van der Waals surface area contributed by atoms with Gasteiger partial charge in [-0.25, -0.2) is 0 Å². The van der Waals surface area contributed by atoms with Crippen molar-refractivity contribution in [3.8, 4) is 6.07 Å². The van der Waals surface area contributed by atoms with E-state index in [0.717, 1.165) is 12.1 Å². The summed E-state index contributed by atoms with van der Waals surface area (Å²) in [6.45, 7) is 0. The Morgan fingerprint density at radius 3 is 2.27 bits per heavy atom. The topological polar surface area (TPSA) is 36.9 Å². The van der Waals surface area contributed by atoms with Gasteiger partial charge < -0.3 is 4.42 Å². The lowest BCUT2D eigenvalue weighted by atomic mass is 10.4. The van der Waals surface area contributed by atoms with E-state index in [-0.39, 0.29) is 5.76 Å². The van der Waals surface area contributed by atoms with Crippen LogP contribution in [0.4, 0.5) is 13.2 Å². The van der Waals surface area contributed by atoms with Gasteiger partial charge >= 0.3 is 6.18 Å². The summed E-state index contributed by atoms with van der Waals surface area (Å²) < 4.78 is 39.3. The van der Waals surface area contributed by atoms with Gasteiger partial charge in [0.2, 0.25) is 11.5 Å². The molecule has 0 bridgehead atoms. The first kappa shape index (κ1) is 7.66. The van der Waals surface area contributed by atoms with E-state index in [9.17, 15) is 13.2 Å². The molecule has 0 N–H and O–H groups in total. The molecular weight excluding hydrogens is 159 g/mol. The minimum atomic E-state index is -4.50. The van der Waals surface area contributed by atoms with E-state index in [1.165, 1.54) is 6.07 Å². The van der Waals surface area contributed by atoms with E-state index in [1.54, 1.807) is 0 Å². The maximum atomic E-state index is 11.7. The van der Waals surface area contributed by atoms with Gasteiger partial charge in [0.15, 0.2) is 0 Å². The molecule has 0 saturated carbocycles. The maximum Gasteiger partial charge on any atom is 0.449 e. The first-order valence-corrected chi connectivity index (χ1v) is 2.61. The van der Waals surface area contributed by atoms with Crippen LogP contribution < -0.4 is 0 Å². The van der Waals surface area contributed by atoms with Gasteiger partial charge in [-0.1, -0.05) is 0 Å². The number of nitriles is 1. The standard InChI is InChI=1S/C6H2F3NO/c7-6(8,9)5-2-1-4(3-10)11-5/h1-2H. The predicted molar refractivity (Wildman–Crippen MR) is 28.4 cm³/mol. The molecule has 1 aromatic heterocycles. The van der Waals surface area contributed by atoms with Crippen molar-refractivity contribution < 1.29 is 17.6 Å². The molecule has 0 atom stereocenters. The average Bonchev–Trinajstić information content (AvgIpc) is 2.32. The second kappa shape index (κ2) is 2.31. The molecule has 0 aliphatic rings. The Hall–Kier alpha value is -1.44. The quantitative estimate of drug-likeness (QED) is 0.584. The van der Waals surface area contributed by atoms with E-state index in [4.69, 9.17) is 5.26 Å². The van der Waals surface area contributed by atoms with Crippen molar-refractivity contribution in [1.29, 1.82) is 5.26 Å². The molecule has 0 amide bonds. The summed E-state index contributed by atoms with van der Waals surface area (Å²) >= 11 is 0. The molecule has 0 fully saturated rings. The van der Waals surface area contributed by atoms with Crippen molar-refractivity contribution in [3.63, 3.8) is 0 Å². The molecule has 11 heavy (non-hydrogen) atoms. The third-order valence-corrected chi connectivity index (χ3v) is 0.996. The molecule has 1 heterocycles. The summed E-state index contributed by atoms with van der Waals surface area (Å²) in [4.78, 5) is 0. The van der Waals surface area contributed by atoms with Crippen molar-refractivity contribution in [3.05, 3.63) is 23.7 Å². The zero-order chi connectivity index (χ0) is 8.48. The highest BCUT2D eigenvalue weighted by molar-refractivity contribution is 5.20. The molecule has 0 aliphatic carbocycles. The fourth-order valence-corrected chi connectivity index (χ4v) is 0.550. The predicted octanol–water partition coefficient (Wildman–Crippen LogP) is 2.17. The number of halogens is 3. The van der Waals surface area contributed by atoms with Crippen LogP contribution in [0.2, 0.25) is 0 Å². The fraction of sp³-hybridized carbons (Fsp3) is 0.167. The summed E-state index contributed by atoms with van der Waals surface area (Å²) in [5.41, 5.74) is 0. The zero-order valence-corrected chi connectivity index (χ0v) is 5.14. The number of furan rings is 1. The molecule has 2 nitrogen and oxygen atoms in total. The first-order chi connectivity index (χ1) is 5.04. The van der Waals surface area contributed by atoms with Crippen LogP contribution >= 0.6 is 0 Å². The second-order valence-electron chi connectivity index (χ2n) is 1.77. The molecular formula is C6H2F3NO. The van der Waals surface area contributed by atoms with Crippen molar-refractivity contribution >= 4 is 0 Å². The van der Waals surface area contributed by atoms with Gasteiger partial charge in [-0.3, -0.25) is 0 Å². The van der Waals surface area contributed by atoms with Gasteiger partial charge in [-0.2, -0.15) is 18.4 Å². The van der Waals surface area contributed by atoms with Crippen molar-refractivity contribution in [2.24, 2.45) is 0 Å². The van der Waals surface area contributed by atoms with E-state index in [1.807, 2.05) is 0 Å². The third kappa shape index (κ3) is 1.52. The average molecular weight is 161 g/mol. The van der Waals surface area contributed by atoms with Gasteiger partial charge in [-0.15, -0.1) is 0 Å². The Balaban J connectivity index is 3.01. The summed E-state index contributed by atoms with van der Waals surface area (Å²) in [6.07, 6.45) is -4.50. The normalized spacial score (nSPS) is 11.1. The SMILES string of the molecule is N#Cc1ccc(C(F)(F)F)o1. The first-order valence-electron chi connectivity index (χ1n) is 2.61. The molecule has 5 heteroatoms. The van der Waals surface area contributed by atoms with Crippen LogP contribution in [0, 0.1) is 11.3 Å². The smallest absolute Gasteiger partial charge is 0.441 e. The van der Waals surface area contributed by atoms with Crippen LogP contribution in [-0.2, 0) is 6.18 Å². The fourth-order valence-electron chi connectivity index (χ4n) is 0.550. The number of rotatable bonds is 0. The van der Waals surface area contributed by atoms with Crippen LogP contribution in [0.15, 0.2) is 16.5 Å². The lowest BCUT2D eigenvalue weighted by Gasteiger charge is -1.98. The van der Waals surface area contributed by atoms with E-state index in [2.05, 4.69) is 4.42 Å². The monoisotopic (exact) mass is 161 g/mol. The second-order valence-corrected chi connectivity index (χ2v) is 1.77. The number of nitrogens with zero attached hydrogens (tertiary/aromatic N) is 1. The summed E-state index contributed by atoms with van der Waals surface area (Å²) in [7, 11) is 0. The van der Waals surface area contributed by atoms with Gasteiger partial charge in [0, 0.05) is 0 Å². The van der Waals surface area contributed by atoms with Crippen LogP contribution in [0.25, 0.3) is 0 Å². The maximum absolute atomic E-state index is 11.7. The highest BCUT2D eigenvalue weighted by atomic mass is 19.4. The third-order valence-electron chi connectivity index (χ3n) is 0.996. The molecule has 1 aromatic rings. The summed E-state index contributed by atoms with van der Waals surface area (Å²) in [5, 5.41) is 8.11. The highest BCUT2D eigenvalue weighted by Gasteiger charge is 2.34. The van der Waals surface area contributed by atoms with E-state index in [0.29, 0.717) is 0 Å². The molecule has 0 unspecified atom stereocenters. The Kier molecular flexibility index (Phi) is 1.61. The zero-order valence-electron chi connectivity index (χ0n) is 5.14. The Morgan fingerprint density at radius 2 is 2.00 bits per heavy atom. The molecule has 0 saturated heterocycles. The Morgan fingerprint density at radius 1 is 1.36 bits per heavy atom. The lowest BCUT2D eigenvalue weighted by Crippen LogP contribution is -2.01. The minimum absolute atomic E-state index is 0.336. The summed E-state index contributed by atoms with van der Waals surface area (Å²) in [6, 6.07) is 3.15. The van der Waals surface area contributed by atoms with Gasteiger partial charge in [-0.05, 0) is 12.1 Å². The van der Waals surface area contributed by atoms with Gasteiger partial charge in [0.25, 0.3) is 0 Å². The van der Waals surface area contributed by atoms with Crippen LogP contribution in [-0.4, -0.2) is 0 Å². The van der Waals surface area contributed by atoms with Crippen LogP contribution in [0.1, 0.15) is 11.5 Å². The molecule has 1 rings (SSSR count). The number of hydrogen-bond donors (Lipinski definition) is 0. The van der Waals surface area contributed by atoms with Crippen molar-refractivity contribution in [1.82, 2.24) is 0 Å². The number of alkyl halides is 3. The summed E-state index contributed by atoms with van der Waals surface area (Å²) in [5.74, 6) is -1.48. The van der Waals surface area contributed by atoms with Gasteiger partial charge in [0.1, 0.15) is 6.07 Å². The molecule has 0 spiro atoms. The number of hydrogen-bond acceptors (Lipinski definition) is 2. The minimum Gasteiger partial charge on any atom is -0.441 e. The van der Waals surface area contributed by atoms with E-state index < -0.39 is 11.9 Å². The van der Waals surface area contributed by atoms with Crippen molar-refractivity contribution in [2.75, 3.05) is 0 Å². The Bertz CT molecular complexity index is 294.